The van der Waals surface area contributed by atoms with Gasteiger partial charge in [-0.3, -0.25) is 9.59 Å². The van der Waals surface area contributed by atoms with Gasteiger partial charge in [0.15, 0.2) is 6.61 Å². The molecular formula is C27H32ClF3N4O5. The van der Waals surface area contributed by atoms with E-state index >= 15 is 0 Å². The molecule has 0 aromatic heterocycles. The molecule has 2 aromatic rings. The molecule has 1 heterocycles. The van der Waals surface area contributed by atoms with Crippen LogP contribution < -0.4 is 20.7 Å². The van der Waals surface area contributed by atoms with Gasteiger partial charge in [0, 0.05) is 24.8 Å². The summed E-state index contributed by atoms with van der Waals surface area (Å²) in [4.78, 5) is 41.9. The summed E-state index contributed by atoms with van der Waals surface area (Å²) >= 11 is 6.29. The number of amides is 4. The SMILES string of the molecule is C[C@@H]1CN(C(=O)c2ccc(OCC(F)(F)F)cc2Cl)c2ccccc2CN1C(=O)N[C@H](COC(C)(C)C)C(N)=O. The second-order valence-corrected chi connectivity index (χ2v) is 10.8. The van der Waals surface area contributed by atoms with Gasteiger partial charge in [-0.1, -0.05) is 29.8 Å². The van der Waals surface area contributed by atoms with Crippen molar-refractivity contribution in [1.82, 2.24) is 10.2 Å². The standard InChI is InChI=1S/C27H32ClF3N4O5/c1-16-12-35(24(37)19-10-9-18(11-20(19)28)39-15-27(29,30)31)22-8-6-5-7-17(22)13-34(16)25(38)33-21(23(32)36)14-40-26(2,3)4/h5-11,16,21H,12-15H2,1-4H3,(H2,32,36)(H,33,38)/t16-,21-/m1/s1. The van der Waals surface area contributed by atoms with Crippen molar-refractivity contribution < 1.29 is 37.0 Å². The van der Waals surface area contributed by atoms with Gasteiger partial charge in [0.05, 0.1) is 22.8 Å². The van der Waals surface area contributed by atoms with Crippen molar-refractivity contribution in [2.24, 2.45) is 5.73 Å². The van der Waals surface area contributed by atoms with Crippen molar-refractivity contribution in [1.29, 1.82) is 0 Å². The molecule has 0 fully saturated rings. The van der Waals surface area contributed by atoms with Gasteiger partial charge in [0.2, 0.25) is 5.91 Å². The summed E-state index contributed by atoms with van der Waals surface area (Å²) in [6.45, 7) is 5.74. The number of hydrogen-bond donors (Lipinski definition) is 2. The largest absolute Gasteiger partial charge is 0.484 e. The van der Waals surface area contributed by atoms with Crippen LogP contribution in [0.25, 0.3) is 0 Å². The third-order valence-electron chi connectivity index (χ3n) is 6.01. The zero-order valence-corrected chi connectivity index (χ0v) is 23.3. The Morgan fingerprint density at radius 1 is 1.15 bits per heavy atom. The predicted molar refractivity (Wildman–Crippen MR) is 143 cm³/mol. The second kappa shape index (κ2) is 12.3. The lowest BCUT2D eigenvalue weighted by molar-refractivity contribution is -0.153. The Morgan fingerprint density at radius 2 is 1.82 bits per heavy atom. The minimum absolute atomic E-state index is 0.0500. The number of fused-ring (bicyclic) bond motifs is 1. The predicted octanol–water partition coefficient (Wildman–Crippen LogP) is 4.51. The summed E-state index contributed by atoms with van der Waals surface area (Å²) in [6, 6.07) is 8.50. The highest BCUT2D eigenvalue weighted by Crippen LogP contribution is 2.31. The van der Waals surface area contributed by atoms with Crippen molar-refractivity contribution >= 4 is 35.1 Å². The average molecular weight is 585 g/mol. The molecule has 1 aliphatic rings. The van der Waals surface area contributed by atoms with Crippen LogP contribution in [0, 0.1) is 0 Å². The number of para-hydroxylation sites is 1. The maximum atomic E-state index is 13.7. The fourth-order valence-electron chi connectivity index (χ4n) is 4.00. The maximum Gasteiger partial charge on any atom is 0.422 e. The molecule has 2 atom stereocenters. The number of urea groups is 1. The lowest BCUT2D eigenvalue weighted by Crippen LogP contribution is -2.55. The molecule has 0 bridgehead atoms. The fraction of sp³-hybridized carbons (Fsp3) is 0.444. The van der Waals surface area contributed by atoms with Gasteiger partial charge in [-0.25, -0.2) is 4.79 Å². The molecule has 3 rings (SSSR count). The van der Waals surface area contributed by atoms with E-state index in [9.17, 15) is 27.6 Å². The van der Waals surface area contributed by atoms with Gasteiger partial charge < -0.3 is 30.3 Å². The highest BCUT2D eigenvalue weighted by atomic mass is 35.5. The van der Waals surface area contributed by atoms with Crippen molar-refractivity contribution in [3.05, 3.63) is 58.6 Å². The summed E-state index contributed by atoms with van der Waals surface area (Å²) < 4.78 is 47.9. The van der Waals surface area contributed by atoms with Crippen molar-refractivity contribution in [3.63, 3.8) is 0 Å². The summed E-state index contributed by atoms with van der Waals surface area (Å²) in [5.74, 6) is -1.40. The van der Waals surface area contributed by atoms with E-state index in [4.69, 9.17) is 26.8 Å². The van der Waals surface area contributed by atoms with Gasteiger partial charge in [0.25, 0.3) is 5.91 Å². The number of benzene rings is 2. The Bertz CT molecular complexity index is 1250. The minimum Gasteiger partial charge on any atom is -0.484 e. The van der Waals surface area contributed by atoms with Crippen molar-refractivity contribution in [2.75, 3.05) is 24.7 Å². The number of primary amides is 1. The topological polar surface area (TPSA) is 114 Å². The van der Waals surface area contributed by atoms with Gasteiger partial charge in [-0.2, -0.15) is 13.2 Å². The molecule has 218 valence electrons. The number of rotatable bonds is 7. The number of hydrogen-bond acceptors (Lipinski definition) is 5. The first-order chi connectivity index (χ1) is 18.6. The van der Waals surface area contributed by atoms with E-state index in [1.165, 1.54) is 21.9 Å². The number of nitrogens with zero attached hydrogens (tertiary/aromatic N) is 2. The molecule has 0 saturated heterocycles. The second-order valence-electron chi connectivity index (χ2n) is 10.4. The molecule has 0 unspecified atom stereocenters. The summed E-state index contributed by atoms with van der Waals surface area (Å²) in [6.07, 6.45) is -4.53. The lowest BCUT2D eigenvalue weighted by Gasteiger charge is -2.31. The molecule has 13 heteroatoms. The van der Waals surface area contributed by atoms with Gasteiger partial charge in [-0.15, -0.1) is 0 Å². The summed E-state index contributed by atoms with van der Waals surface area (Å²) in [5.41, 5.74) is 6.17. The molecule has 0 aliphatic carbocycles. The Balaban J connectivity index is 1.84. The average Bonchev–Trinajstić information content (AvgIpc) is 3.00. The summed E-state index contributed by atoms with van der Waals surface area (Å²) in [7, 11) is 0. The number of nitrogens with one attached hydrogen (secondary N) is 1. The molecule has 9 nitrogen and oxygen atoms in total. The molecule has 3 N–H and O–H groups in total. The van der Waals surface area contributed by atoms with Crippen LogP contribution in [0.3, 0.4) is 0 Å². The number of carbonyl (C=O) groups excluding carboxylic acids is 3. The van der Waals surface area contributed by atoms with E-state index in [1.807, 2.05) is 20.8 Å². The van der Waals surface area contributed by atoms with E-state index < -0.39 is 48.3 Å². The summed E-state index contributed by atoms with van der Waals surface area (Å²) in [5, 5.41) is 2.54. The van der Waals surface area contributed by atoms with Crippen LogP contribution in [0.5, 0.6) is 5.75 Å². The Labute approximate surface area is 235 Å². The molecule has 4 amide bonds. The third kappa shape index (κ3) is 8.25. The number of nitrogens with two attached hydrogens (primary N) is 1. The Kier molecular flexibility index (Phi) is 9.57. The lowest BCUT2D eigenvalue weighted by atomic mass is 10.1. The third-order valence-corrected chi connectivity index (χ3v) is 6.32. The van der Waals surface area contributed by atoms with Gasteiger partial charge >= 0.3 is 12.2 Å². The normalized spacial score (nSPS) is 16.6. The van der Waals surface area contributed by atoms with E-state index in [-0.39, 0.29) is 36.0 Å². The number of ether oxygens (including phenoxy) is 2. The Hall–Kier alpha value is -3.51. The molecule has 0 saturated carbocycles. The van der Waals surface area contributed by atoms with E-state index in [2.05, 4.69) is 5.32 Å². The van der Waals surface area contributed by atoms with Crippen LogP contribution in [-0.4, -0.2) is 66.4 Å². The van der Waals surface area contributed by atoms with Crippen molar-refractivity contribution in [2.45, 2.75) is 58.1 Å². The Morgan fingerprint density at radius 3 is 2.42 bits per heavy atom. The number of anilines is 1. The quantitative estimate of drug-likeness (QED) is 0.497. The van der Waals surface area contributed by atoms with E-state index in [0.717, 1.165) is 6.07 Å². The monoisotopic (exact) mass is 584 g/mol. The van der Waals surface area contributed by atoms with Crippen LogP contribution in [0.15, 0.2) is 42.5 Å². The first-order valence-corrected chi connectivity index (χ1v) is 12.8. The fourth-order valence-corrected chi connectivity index (χ4v) is 4.25. The number of carbonyl (C=O) groups is 3. The molecule has 0 spiro atoms. The van der Waals surface area contributed by atoms with Crippen LogP contribution in [0.4, 0.5) is 23.7 Å². The zero-order chi connectivity index (χ0) is 29.8. The first kappa shape index (κ1) is 31.0. The van der Waals surface area contributed by atoms with Gasteiger partial charge in [0.1, 0.15) is 11.8 Å². The van der Waals surface area contributed by atoms with Crippen molar-refractivity contribution in [3.8, 4) is 5.75 Å². The molecule has 2 aromatic carbocycles. The highest BCUT2D eigenvalue weighted by molar-refractivity contribution is 6.34. The zero-order valence-electron chi connectivity index (χ0n) is 22.5. The molecule has 0 radical (unpaired) electrons. The number of halogens is 4. The highest BCUT2D eigenvalue weighted by Gasteiger charge is 2.34. The molecular weight excluding hydrogens is 553 g/mol. The van der Waals surface area contributed by atoms with E-state index in [0.29, 0.717) is 11.3 Å². The van der Waals surface area contributed by atoms with Crippen LogP contribution >= 0.6 is 11.6 Å². The molecule has 40 heavy (non-hydrogen) atoms. The van der Waals surface area contributed by atoms with Crippen LogP contribution in [0.1, 0.15) is 43.6 Å². The van der Waals surface area contributed by atoms with Crippen LogP contribution in [-0.2, 0) is 16.1 Å². The number of alkyl halides is 3. The first-order valence-electron chi connectivity index (χ1n) is 12.4. The maximum absolute atomic E-state index is 13.7. The molecule has 1 aliphatic heterocycles. The van der Waals surface area contributed by atoms with Crippen LogP contribution in [0.2, 0.25) is 5.02 Å². The van der Waals surface area contributed by atoms with Gasteiger partial charge in [-0.05, 0) is 57.5 Å². The minimum atomic E-state index is -4.53. The smallest absolute Gasteiger partial charge is 0.422 e. The van der Waals surface area contributed by atoms with E-state index in [1.54, 1.807) is 31.2 Å².